The molecule has 1 heterocycles. The van der Waals surface area contributed by atoms with Crippen molar-refractivity contribution in [1.29, 1.82) is 0 Å². The van der Waals surface area contributed by atoms with E-state index in [0.717, 1.165) is 21.3 Å². The van der Waals surface area contributed by atoms with Crippen LogP contribution >= 0.6 is 0 Å². The summed E-state index contributed by atoms with van der Waals surface area (Å²) in [7, 11) is 0. The summed E-state index contributed by atoms with van der Waals surface area (Å²) >= 11 is 0. The highest BCUT2D eigenvalue weighted by atomic mass is 19.4. The van der Waals surface area contributed by atoms with Crippen LogP contribution < -0.4 is 5.43 Å². The van der Waals surface area contributed by atoms with Crippen LogP contribution in [0.5, 0.6) is 0 Å². The molecule has 1 saturated heterocycles. The second kappa shape index (κ2) is 6.09. The Morgan fingerprint density at radius 1 is 1.04 bits per heavy atom. The third kappa shape index (κ3) is 3.24. The van der Waals surface area contributed by atoms with Crippen LogP contribution in [0.2, 0.25) is 0 Å². The number of benzene rings is 2. The van der Waals surface area contributed by atoms with Gasteiger partial charge >= 0.3 is 6.18 Å². The molecule has 0 aromatic heterocycles. The Balaban J connectivity index is 2.05. The first-order valence-electron chi connectivity index (χ1n) is 7.92. The van der Waals surface area contributed by atoms with Crippen LogP contribution in [0.4, 0.5) is 13.2 Å². The fourth-order valence-corrected chi connectivity index (χ4v) is 3.05. The molecular weight excluding hydrogens is 317 g/mol. The quantitative estimate of drug-likeness (QED) is 0.906. The minimum Gasteiger partial charge on any atom is -0.288 e. The summed E-state index contributed by atoms with van der Waals surface area (Å²) in [6, 6.07) is 8.77. The van der Waals surface area contributed by atoms with Gasteiger partial charge in [0.25, 0.3) is 0 Å². The largest absolute Gasteiger partial charge is 0.409 e. The van der Waals surface area contributed by atoms with Crippen molar-refractivity contribution in [1.82, 2.24) is 10.4 Å². The number of nitrogens with zero attached hydrogens (tertiary/aromatic N) is 1. The normalized spacial score (nSPS) is 17.5. The predicted molar refractivity (Wildman–Crippen MR) is 86.3 cm³/mol. The summed E-state index contributed by atoms with van der Waals surface area (Å²) in [4.78, 5) is 11.3. The number of hydrogen-bond donors (Lipinski definition) is 1. The molecule has 0 radical (unpaired) electrons. The molecule has 24 heavy (non-hydrogen) atoms. The third-order valence-electron chi connectivity index (χ3n) is 4.34. The van der Waals surface area contributed by atoms with Gasteiger partial charge in [-0.2, -0.15) is 13.2 Å². The van der Waals surface area contributed by atoms with Crippen LogP contribution in [0.1, 0.15) is 43.4 Å². The maximum Gasteiger partial charge on any atom is 0.409 e. The average molecular weight is 336 g/mol. The Hall–Kier alpha value is -2.08. The second-order valence-corrected chi connectivity index (χ2v) is 6.44. The molecule has 1 aliphatic heterocycles. The van der Waals surface area contributed by atoms with Gasteiger partial charge in [0.05, 0.1) is 0 Å². The van der Waals surface area contributed by atoms with Gasteiger partial charge in [-0.05, 0) is 33.9 Å². The Morgan fingerprint density at radius 3 is 2.21 bits per heavy atom. The fraction of sp³-hybridized carbons (Fsp3) is 0.389. The standard InChI is InChI=1S/C18H19F3N2O/c1-11(2)13-5-3-12-4-6-14(10-15(12)9-13)17(18(19,20)21)23-8-7-16(24)22-23/h3-6,9-11,17H,7-8H2,1-2H3,(H,22,24). The number of alkyl halides is 3. The number of nitrogens with one attached hydrogen (secondary N) is 1. The van der Waals surface area contributed by atoms with E-state index in [9.17, 15) is 18.0 Å². The van der Waals surface area contributed by atoms with Gasteiger partial charge in [0, 0.05) is 13.0 Å². The zero-order valence-corrected chi connectivity index (χ0v) is 13.5. The number of amides is 1. The van der Waals surface area contributed by atoms with Crippen molar-refractivity contribution >= 4 is 16.7 Å². The number of carbonyl (C=O) groups excluding carboxylic acids is 1. The predicted octanol–water partition coefficient (Wildman–Crippen LogP) is 4.30. The molecule has 3 rings (SSSR count). The molecule has 1 fully saturated rings. The first-order valence-corrected chi connectivity index (χ1v) is 7.92. The Labute approximate surface area is 138 Å². The smallest absolute Gasteiger partial charge is 0.288 e. The average Bonchev–Trinajstić information content (AvgIpc) is 2.91. The lowest BCUT2D eigenvalue weighted by Crippen LogP contribution is -2.43. The van der Waals surface area contributed by atoms with Crippen molar-refractivity contribution in [2.75, 3.05) is 6.54 Å². The molecule has 2 aromatic rings. The molecule has 0 bridgehead atoms. The van der Waals surface area contributed by atoms with Crippen LogP contribution in [0, 0.1) is 0 Å². The maximum absolute atomic E-state index is 13.6. The SMILES string of the molecule is CC(C)c1ccc2ccc(C(N3CCC(=O)N3)C(F)(F)F)cc2c1. The summed E-state index contributed by atoms with van der Waals surface area (Å²) in [5, 5.41) is 2.66. The van der Waals surface area contributed by atoms with E-state index in [4.69, 9.17) is 0 Å². The lowest BCUT2D eigenvalue weighted by atomic mass is 9.96. The van der Waals surface area contributed by atoms with Crippen LogP contribution in [-0.2, 0) is 4.79 Å². The Kier molecular flexibility index (Phi) is 4.25. The number of carbonyl (C=O) groups is 1. The van der Waals surface area contributed by atoms with Crippen molar-refractivity contribution in [3.63, 3.8) is 0 Å². The minimum atomic E-state index is -4.47. The number of rotatable bonds is 3. The van der Waals surface area contributed by atoms with E-state index in [1.54, 1.807) is 12.1 Å². The molecule has 0 aliphatic carbocycles. The molecule has 1 N–H and O–H groups in total. The zero-order valence-electron chi connectivity index (χ0n) is 13.5. The van der Waals surface area contributed by atoms with Gasteiger partial charge in [-0.25, -0.2) is 5.01 Å². The number of hydrazine groups is 1. The zero-order chi connectivity index (χ0) is 17.5. The summed E-state index contributed by atoms with van der Waals surface area (Å²) in [6.45, 7) is 4.14. The first-order chi connectivity index (χ1) is 11.3. The van der Waals surface area contributed by atoms with E-state index in [-0.39, 0.29) is 24.4 Å². The Morgan fingerprint density at radius 2 is 1.67 bits per heavy atom. The van der Waals surface area contributed by atoms with Crippen LogP contribution in [0.15, 0.2) is 36.4 Å². The third-order valence-corrected chi connectivity index (χ3v) is 4.34. The van der Waals surface area contributed by atoms with Crippen LogP contribution in [-0.4, -0.2) is 23.6 Å². The number of hydrogen-bond acceptors (Lipinski definition) is 2. The van der Waals surface area contributed by atoms with Gasteiger partial charge in [0.2, 0.25) is 5.91 Å². The van der Waals surface area contributed by atoms with E-state index < -0.39 is 12.2 Å². The lowest BCUT2D eigenvalue weighted by Gasteiger charge is -2.29. The van der Waals surface area contributed by atoms with E-state index in [2.05, 4.69) is 5.43 Å². The van der Waals surface area contributed by atoms with Crippen LogP contribution in [0.25, 0.3) is 10.8 Å². The molecular formula is C18H19F3N2O. The highest BCUT2D eigenvalue weighted by Gasteiger charge is 2.46. The molecule has 1 atom stereocenters. The fourth-order valence-electron chi connectivity index (χ4n) is 3.05. The van der Waals surface area contributed by atoms with E-state index >= 15 is 0 Å². The molecule has 6 heteroatoms. The molecule has 0 spiro atoms. The van der Waals surface area contributed by atoms with E-state index in [1.165, 1.54) is 6.07 Å². The van der Waals surface area contributed by atoms with Crippen molar-refractivity contribution in [3.05, 3.63) is 47.5 Å². The van der Waals surface area contributed by atoms with Crippen molar-refractivity contribution < 1.29 is 18.0 Å². The lowest BCUT2D eigenvalue weighted by molar-refractivity contribution is -0.191. The molecule has 1 aliphatic rings. The van der Waals surface area contributed by atoms with Crippen LogP contribution in [0.3, 0.4) is 0 Å². The molecule has 0 saturated carbocycles. The van der Waals surface area contributed by atoms with Gasteiger partial charge in [-0.1, -0.05) is 44.2 Å². The van der Waals surface area contributed by atoms with Crippen molar-refractivity contribution in [2.24, 2.45) is 0 Å². The van der Waals surface area contributed by atoms with Gasteiger partial charge in [-0.15, -0.1) is 0 Å². The number of fused-ring (bicyclic) bond motifs is 1. The summed E-state index contributed by atoms with van der Waals surface area (Å²) in [6.07, 6.45) is -4.39. The van der Waals surface area contributed by atoms with Gasteiger partial charge in [0.1, 0.15) is 6.04 Å². The summed E-state index contributed by atoms with van der Waals surface area (Å²) in [5.41, 5.74) is 3.53. The molecule has 3 nitrogen and oxygen atoms in total. The minimum absolute atomic E-state index is 0.0487. The number of halogens is 3. The second-order valence-electron chi connectivity index (χ2n) is 6.44. The monoisotopic (exact) mass is 336 g/mol. The molecule has 1 unspecified atom stereocenters. The highest BCUT2D eigenvalue weighted by Crippen LogP contribution is 2.39. The molecule has 2 aromatic carbocycles. The summed E-state index contributed by atoms with van der Waals surface area (Å²) in [5.74, 6) is -0.0820. The molecule has 128 valence electrons. The highest BCUT2D eigenvalue weighted by molar-refractivity contribution is 5.84. The summed E-state index contributed by atoms with van der Waals surface area (Å²) < 4.78 is 40.8. The van der Waals surface area contributed by atoms with Gasteiger partial charge in [0.15, 0.2) is 0 Å². The van der Waals surface area contributed by atoms with Crippen molar-refractivity contribution in [3.8, 4) is 0 Å². The van der Waals surface area contributed by atoms with Gasteiger partial charge in [-0.3, -0.25) is 10.2 Å². The Bertz CT molecular complexity index is 770. The van der Waals surface area contributed by atoms with E-state index in [1.807, 2.05) is 32.0 Å². The topological polar surface area (TPSA) is 32.3 Å². The van der Waals surface area contributed by atoms with Crippen molar-refractivity contribution in [2.45, 2.75) is 38.4 Å². The van der Waals surface area contributed by atoms with Gasteiger partial charge < -0.3 is 0 Å². The van der Waals surface area contributed by atoms with E-state index in [0.29, 0.717) is 5.92 Å². The molecule has 1 amide bonds. The maximum atomic E-state index is 13.6. The first kappa shape index (κ1) is 16.8.